The summed E-state index contributed by atoms with van der Waals surface area (Å²) in [6.45, 7) is 1.40. The normalized spacial score (nSPS) is 22.9. The molecule has 0 saturated carbocycles. The van der Waals surface area contributed by atoms with E-state index in [0.29, 0.717) is 22.3 Å². The fourth-order valence-electron chi connectivity index (χ4n) is 4.49. The number of nitriles is 1. The van der Waals surface area contributed by atoms with Gasteiger partial charge in [-0.15, -0.1) is 0 Å². The minimum Gasteiger partial charge on any atom is -0.459 e. The second kappa shape index (κ2) is 9.72. The number of nitrogens with zero attached hydrogens (tertiary/aromatic N) is 4. The Hall–Kier alpha value is -4.75. The number of nitrogens with two attached hydrogens (primary N) is 1. The molecule has 0 radical (unpaired) electrons. The van der Waals surface area contributed by atoms with Crippen LogP contribution in [0.15, 0.2) is 79.1 Å². The first kappa shape index (κ1) is 24.0. The quantitative estimate of drug-likeness (QED) is 0.397. The number of aromatic nitrogens is 3. The molecular formula is C27H23N5O5. The average Bonchev–Trinajstić information content (AvgIpc) is 3.48. The van der Waals surface area contributed by atoms with Crippen LogP contribution in [0.5, 0.6) is 0 Å². The zero-order chi connectivity index (χ0) is 26.0. The number of esters is 2. The van der Waals surface area contributed by atoms with Gasteiger partial charge in [0, 0.05) is 0 Å². The van der Waals surface area contributed by atoms with Crippen molar-refractivity contribution in [2.45, 2.75) is 25.2 Å². The van der Waals surface area contributed by atoms with Gasteiger partial charge in [0.2, 0.25) is 0 Å². The lowest BCUT2D eigenvalue weighted by Crippen LogP contribution is -2.41. The van der Waals surface area contributed by atoms with Crippen LogP contribution in [0.4, 0.5) is 5.82 Å². The number of hydrogen-bond donors (Lipinski definition) is 1. The zero-order valence-electron chi connectivity index (χ0n) is 19.9. The Balaban J connectivity index is 1.49. The maximum absolute atomic E-state index is 13.0. The number of anilines is 1. The molecule has 4 atom stereocenters. The van der Waals surface area contributed by atoms with Crippen molar-refractivity contribution in [2.75, 3.05) is 12.3 Å². The molecule has 5 rings (SSSR count). The van der Waals surface area contributed by atoms with Gasteiger partial charge in [-0.05, 0) is 43.3 Å². The highest BCUT2D eigenvalue weighted by Gasteiger charge is 2.58. The van der Waals surface area contributed by atoms with Crippen LogP contribution >= 0.6 is 0 Å². The highest BCUT2D eigenvalue weighted by Crippen LogP contribution is 2.49. The zero-order valence-corrected chi connectivity index (χ0v) is 19.9. The molecule has 10 nitrogen and oxygen atoms in total. The summed E-state index contributed by atoms with van der Waals surface area (Å²) >= 11 is 0. The Morgan fingerprint density at radius 1 is 1.05 bits per heavy atom. The van der Waals surface area contributed by atoms with Crippen LogP contribution in [0, 0.1) is 16.7 Å². The fourth-order valence-corrected chi connectivity index (χ4v) is 4.49. The van der Waals surface area contributed by atoms with Gasteiger partial charge in [-0.25, -0.2) is 19.1 Å². The number of ether oxygens (including phenoxy) is 3. The summed E-state index contributed by atoms with van der Waals surface area (Å²) in [5.74, 6) is -0.923. The van der Waals surface area contributed by atoms with E-state index in [-0.39, 0.29) is 12.4 Å². The molecule has 3 heterocycles. The predicted octanol–water partition coefficient (Wildman–Crippen LogP) is 3.36. The highest BCUT2D eigenvalue weighted by atomic mass is 16.6. The van der Waals surface area contributed by atoms with E-state index in [1.165, 1.54) is 10.8 Å². The van der Waals surface area contributed by atoms with Crippen LogP contribution in [0.3, 0.4) is 0 Å². The monoisotopic (exact) mass is 497 g/mol. The van der Waals surface area contributed by atoms with Gasteiger partial charge >= 0.3 is 11.9 Å². The van der Waals surface area contributed by atoms with Crippen molar-refractivity contribution in [3.63, 3.8) is 0 Å². The molecule has 0 amide bonds. The molecule has 2 N–H and O–H groups in total. The Morgan fingerprint density at radius 2 is 1.70 bits per heavy atom. The lowest BCUT2D eigenvalue weighted by molar-refractivity contribution is -0.0438. The lowest BCUT2D eigenvalue weighted by atomic mass is 9.79. The van der Waals surface area contributed by atoms with Gasteiger partial charge in [-0.1, -0.05) is 36.4 Å². The van der Waals surface area contributed by atoms with Gasteiger partial charge in [-0.3, -0.25) is 0 Å². The number of hydrogen-bond acceptors (Lipinski definition) is 9. The van der Waals surface area contributed by atoms with Crippen LogP contribution in [0.1, 0.15) is 39.4 Å². The molecule has 1 aliphatic rings. The van der Waals surface area contributed by atoms with E-state index < -0.39 is 35.7 Å². The second-order valence-corrected chi connectivity index (χ2v) is 8.81. The third kappa shape index (κ3) is 4.37. The van der Waals surface area contributed by atoms with Crippen molar-refractivity contribution >= 4 is 23.3 Å². The van der Waals surface area contributed by atoms with E-state index in [2.05, 4.69) is 16.2 Å². The number of fused-ring (bicyclic) bond motifs is 1. The van der Waals surface area contributed by atoms with Gasteiger partial charge in [0.1, 0.15) is 36.1 Å². The van der Waals surface area contributed by atoms with E-state index in [1.54, 1.807) is 79.7 Å². The molecule has 186 valence electrons. The second-order valence-electron chi connectivity index (χ2n) is 8.81. The molecule has 0 bridgehead atoms. The van der Waals surface area contributed by atoms with Gasteiger partial charge in [-0.2, -0.15) is 10.4 Å². The van der Waals surface area contributed by atoms with E-state index >= 15 is 0 Å². The van der Waals surface area contributed by atoms with Crippen molar-refractivity contribution in [3.05, 3.63) is 95.9 Å². The lowest BCUT2D eigenvalue weighted by Gasteiger charge is -2.28. The van der Waals surface area contributed by atoms with Crippen LogP contribution in [-0.4, -0.2) is 45.4 Å². The summed E-state index contributed by atoms with van der Waals surface area (Å²) in [5, 5.41) is 14.6. The minimum atomic E-state index is -1.36. The standard InChI is InChI=1S/C27H23N5O5/c1-27(15-28)22(19-12-13-20-24(29)30-16-31-32(19)20)36-21(14-35-25(33)17-8-4-2-5-9-17)23(27)37-26(34)18-10-6-3-7-11-18/h2-13,16,21-23H,14H2,1H3,(H2,29,30,31)/t21-,22+,23-,27+/m1/s1. The summed E-state index contributed by atoms with van der Waals surface area (Å²) < 4.78 is 19.2. The van der Waals surface area contributed by atoms with E-state index in [9.17, 15) is 14.9 Å². The van der Waals surface area contributed by atoms with E-state index in [0.717, 1.165) is 0 Å². The summed E-state index contributed by atoms with van der Waals surface area (Å²) in [5.41, 5.74) is 6.37. The Kier molecular flexibility index (Phi) is 6.29. The largest absolute Gasteiger partial charge is 0.459 e. The third-order valence-electron chi connectivity index (χ3n) is 6.44. The molecule has 1 fully saturated rings. The Labute approximate surface area is 212 Å². The van der Waals surface area contributed by atoms with Crippen LogP contribution in [-0.2, 0) is 14.2 Å². The molecule has 0 spiro atoms. The number of carbonyl (C=O) groups is 2. The molecular weight excluding hydrogens is 474 g/mol. The van der Waals surface area contributed by atoms with E-state index in [4.69, 9.17) is 19.9 Å². The molecule has 4 aromatic rings. The van der Waals surface area contributed by atoms with Crippen molar-refractivity contribution < 1.29 is 23.8 Å². The number of benzene rings is 2. The Bertz CT molecular complexity index is 1480. The van der Waals surface area contributed by atoms with Crippen molar-refractivity contribution in [3.8, 4) is 6.07 Å². The van der Waals surface area contributed by atoms with E-state index in [1.807, 2.05) is 0 Å². The van der Waals surface area contributed by atoms with Gasteiger partial charge in [0.25, 0.3) is 0 Å². The molecule has 0 unspecified atom stereocenters. The highest BCUT2D eigenvalue weighted by molar-refractivity contribution is 5.90. The molecule has 0 aliphatic carbocycles. The molecule has 1 saturated heterocycles. The molecule has 1 aliphatic heterocycles. The van der Waals surface area contributed by atoms with Crippen molar-refractivity contribution in [1.82, 2.24) is 14.6 Å². The SMILES string of the molecule is C[C@@]1(C#N)[C@H](OC(=O)c2ccccc2)[C@@H](COC(=O)c2ccccc2)O[C@H]1c1ccc2c(N)ncnn12. The summed E-state index contributed by atoms with van der Waals surface area (Å²) in [4.78, 5) is 29.6. The smallest absolute Gasteiger partial charge is 0.338 e. The predicted molar refractivity (Wildman–Crippen MR) is 131 cm³/mol. The third-order valence-corrected chi connectivity index (χ3v) is 6.44. The molecule has 2 aromatic carbocycles. The maximum Gasteiger partial charge on any atom is 0.338 e. The van der Waals surface area contributed by atoms with Crippen LogP contribution < -0.4 is 5.73 Å². The topological polar surface area (TPSA) is 142 Å². The first-order chi connectivity index (χ1) is 17.9. The number of nitrogen functional groups attached to an aromatic ring is 1. The first-order valence-electron chi connectivity index (χ1n) is 11.6. The van der Waals surface area contributed by atoms with Crippen LogP contribution in [0.2, 0.25) is 0 Å². The molecule has 2 aromatic heterocycles. The molecule has 10 heteroatoms. The average molecular weight is 498 g/mol. The van der Waals surface area contributed by atoms with Crippen molar-refractivity contribution in [1.29, 1.82) is 5.26 Å². The molecule has 37 heavy (non-hydrogen) atoms. The minimum absolute atomic E-state index is 0.241. The van der Waals surface area contributed by atoms with Gasteiger partial charge in [0.15, 0.2) is 11.9 Å². The maximum atomic E-state index is 13.0. The Morgan fingerprint density at radius 3 is 2.35 bits per heavy atom. The summed E-state index contributed by atoms with van der Waals surface area (Å²) in [6.07, 6.45) is -1.58. The van der Waals surface area contributed by atoms with Gasteiger partial charge < -0.3 is 19.9 Å². The summed E-state index contributed by atoms with van der Waals surface area (Å²) in [6, 6.07) is 22.7. The number of carbonyl (C=O) groups excluding carboxylic acids is 2. The first-order valence-corrected chi connectivity index (χ1v) is 11.6. The van der Waals surface area contributed by atoms with Crippen LogP contribution in [0.25, 0.3) is 5.52 Å². The van der Waals surface area contributed by atoms with Gasteiger partial charge in [0.05, 0.1) is 22.9 Å². The fraction of sp³-hybridized carbons (Fsp3) is 0.222. The summed E-state index contributed by atoms with van der Waals surface area (Å²) in [7, 11) is 0. The van der Waals surface area contributed by atoms with Crippen molar-refractivity contribution in [2.24, 2.45) is 5.41 Å². The number of rotatable bonds is 6.